The quantitative estimate of drug-likeness (QED) is 0.321. The number of nitrogens with two attached hydrogens (primary N) is 1. The molecule has 0 aliphatic heterocycles. The number of nitrogens with one attached hydrogen (secondary N) is 1. The van der Waals surface area contributed by atoms with Crippen molar-refractivity contribution >= 4 is 40.7 Å². The van der Waals surface area contributed by atoms with Crippen LogP contribution >= 0.6 is 11.3 Å². The molecule has 160 valence electrons. The number of esters is 1. The molecule has 9 heteroatoms. The fourth-order valence-corrected chi connectivity index (χ4v) is 3.68. The summed E-state index contributed by atoms with van der Waals surface area (Å²) < 4.78 is 5.38. The summed E-state index contributed by atoms with van der Waals surface area (Å²) >= 11 is 1.31. The van der Waals surface area contributed by atoms with Crippen LogP contribution in [0.15, 0.2) is 66.0 Å². The van der Waals surface area contributed by atoms with Gasteiger partial charge in [-0.1, -0.05) is 42.5 Å². The number of rotatable bonds is 7. The Bertz CT molecular complexity index is 1270. The highest BCUT2D eigenvalue weighted by Gasteiger charge is 2.20. The zero-order chi connectivity index (χ0) is 22.5. The molecule has 2 aromatic carbocycles. The van der Waals surface area contributed by atoms with Crippen molar-refractivity contribution in [1.82, 2.24) is 15.0 Å². The fourth-order valence-electron chi connectivity index (χ4n) is 3.00. The number of thiophene rings is 1. The summed E-state index contributed by atoms with van der Waals surface area (Å²) in [6.45, 7) is 1.72. The van der Waals surface area contributed by atoms with Crippen molar-refractivity contribution in [2.75, 3.05) is 11.1 Å². The second kappa shape index (κ2) is 9.36. The number of ether oxygens (including phenoxy) is 1. The summed E-state index contributed by atoms with van der Waals surface area (Å²) in [5.41, 5.74) is 8.08. The molecular formula is C23H19N5O3S. The summed E-state index contributed by atoms with van der Waals surface area (Å²) in [4.78, 5) is 38.4. The van der Waals surface area contributed by atoms with Gasteiger partial charge >= 0.3 is 5.97 Å². The van der Waals surface area contributed by atoms with Gasteiger partial charge in [0.05, 0.1) is 10.4 Å². The smallest absolute Gasteiger partial charge is 0.339 e. The minimum atomic E-state index is -0.655. The summed E-state index contributed by atoms with van der Waals surface area (Å²) in [6, 6.07) is 17.7. The van der Waals surface area contributed by atoms with Crippen LogP contribution < -0.4 is 11.1 Å². The van der Waals surface area contributed by atoms with Crippen LogP contribution in [0.4, 0.5) is 17.6 Å². The normalized spacial score (nSPS) is 10.5. The average Bonchev–Trinajstić information content (AvgIpc) is 3.33. The third kappa shape index (κ3) is 4.79. The number of hydrogen-bond acceptors (Lipinski definition) is 9. The Morgan fingerprint density at radius 3 is 2.47 bits per heavy atom. The molecule has 0 amide bonds. The minimum absolute atomic E-state index is 0.00425. The van der Waals surface area contributed by atoms with E-state index in [0.29, 0.717) is 4.88 Å². The third-order valence-electron chi connectivity index (χ3n) is 4.56. The number of para-hydroxylation sites is 1. The predicted molar refractivity (Wildman–Crippen MR) is 122 cm³/mol. The van der Waals surface area contributed by atoms with Crippen LogP contribution in [0, 0.1) is 6.92 Å². The van der Waals surface area contributed by atoms with E-state index in [-0.39, 0.29) is 41.2 Å². The second-order valence-corrected chi connectivity index (χ2v) is 7.75. The fraction of sp³-hybridized carbons (Fsp3) is 0.0870. The first-order chi connectivity index (χ1) is 15.5. The number of benzene rings is 2. The van der Waals surface area contributed by atoms with Crippen LogP contribution in [0.3, 0.4) is 0 Å². The average molecular weight is 446 g/mol. The van der Waals surface area contributed by atoms with Gasteiger partial charge in [0, 0.05) is 11.3 Å². The molecule has 0 unspecified atom stereocenters. The van der Waals surface area contributed by atoms with Crippen molar-refractivity contribution in [2.45, 2.75) is 13.5 Å². The first-order valence-corrected chi connectivity index (χ1v) is 10.6. The van der Waals surface area contributed by atoms with Gasteiger partial charge < -0.3 is 15.8 Å². The van der Waals surface area contributed by atoms with Crippen LogP contribution in [0.2, 0.25) is 0 Å². The highest BCUT2D eigenvalue weighted by atomic mass is 32.1. The third-order valence-corrected chi connectivity index (χ3v) is 5.43. The Kier molecular flexibility index (Phi) is 6.18. The SMILES string of the molecule is Cc1ccccc1Nc1nc(N)nc(COC(=O)c2ccccc2C(=O)c2cccs2)n1. The van der Waals surface area contributed by atoms with E-state index in [9.17, 15) is 9.59 Å². The maximum Gasteiger partial charge on any atom is 0.339 e. The molecule has 2 heterocycles. The number of aromatic nitrogens is 3. The van der Waals surface area contributed by atoms with Gasteiger partial charge in [-0.2, -0.15) is 15.0 Å². The lowest BCUT2D eigenvalue weighted by Crippen LogP contribution is -2.14. The summed E-state index contributed by atoms with van der Waals surface area (Å²) in [7, 11) is 0. The lowest BCUT2D eigenvalue weighted by atomic mass is 10.0. The molecule has 2 aromatic heterocycles. The summed E-state index contributed by atoms with van der Waals surface area (Å²) in [5.74, 6) is -0.467. The van der Waals surface area contributed by atoms with Crippen molar-refractivity contribution in [2.24, 2.45) is 0 Å². The Labute approximate surface area is 188 Å². The van der Waals surface area contributed by atoms with Crippen LogP contribution in [-0.4, -0.2) is 26.7 Å². The molecule has 0 radical (unpaired) electrons. The van der Waals surface area contributed by atoms with Crippen molar-refractivity contribution < 1.29 is 14.3 Å². The van der Waals surface area contributed by atoms with E-state index in [0.717, 1.165) is 11.3 Å². The lowest BCUT2D eigenvalue weighted by Gasteiger charge is -2.10. The van der Waals surface area contributed by atoms with Gasteiger partial charge in [-0.15, -0.1) is 11.3 Å². The van der Waals surface area contributed by atoms with E-state index in [1.165, 1.54) is 11.3 Å². The predicted octanol–water partition coefficient (Wildman–Crippen LogP) is 4.16. The molecule has 8 nitrogen and oxygen atoms in total. The first-order valence-electron chi connectivity index (χ1n) is 9.68. The first kappa shape index (κ1) is 21.1. The van der Waals surface area contributed by atoms with Gasteiger partial charge in [0.2, 0.25) is 17.7 Å². The molecule has 4 rings (SSSR count). The summed E-state index contributed by atoms with van der Waals surface area (Å²) in [5, 5.41) is 4.89. The Morgan fingerprint density at radius 1 is 0.969 bits per heavy atom. The minimum Gasteiger partial charge on any atom is -0.454 e. The lowest BCUT2D eigenvalue weighted by molar-refractivity contribution is 0.0459. The Hall–Kier alpha value is -4.11. The second-order valence-electron chi connectivity index (χ2n) is 6.80. The Balaban J connectivity index is 1.50. The zero-order valence-electron chi connectivity index (χ0n) is 17.1. The van der Waals surface area contributed by atoms with Gasteiger partial charge in [0.25, 0.3) is 0 Å². The van der Waals surface area contributed by atoms with E-state index in [2.05, 4.69) is 20.3 Å². The number of nitrogen functional groups attached to an aromatic ring is 1. The van der Waals surface area contributed by atoms with Gasteiger partial charge in [-0.05, 0) is 36.1 Å². The van der Waals surface area contributed by atoms with Crippen LogP contribution in [-0.2, 0) is 11.3 Å². The topological polar surface area (TPSA) is 120 Å². The van der Waals surface area contributed by atoms with E-state index < -0.39 is 5.97 Å². The number of anilines is 3. The summed E-state index contributed by atoms with van der Waals surface area (Å²) in [6.07, 6.45) is 0. The Morgan fingerprint density at radius 2 is 1.72 bits per heavy atom. The molecule has 3 N–H and O–H groups in total. The van der Waals surface area contributed by atoms with Crippen LogP contribution in [0.1, 0.15) is 37.0 Å². The van der Waals surface area contributed by atoms with Gasteiger partial charge in [0.15, 0.2) is 12.4 Å². The van der Waals surface area contributed by atoms with E-state index in [4.69, 9.17) is 10.5 Å². The van der Waals surface area contributed by atoms with Crippen molar-refractivity contribution in [3.05, 3.63) is 93.4 Å². The molecule has 0 bridgehead atoms. The van der Waals surface area contributed by atoms with Gasteiger partial charge in [-0.3, -0.25) is 4.79 Å². The maximum atomic E-state index is 12.7. The van der Waals surface area contributed by atoms with Gasteiger partial charge in [0.1, 0.15) is 0 Å². The highest BCUT2D eigenvalue weighted by Crippen LogP contribution is 2.20. The molecule has 0 atom stereocenters. The largest absolute Gasteiger partial charge is 0.454 e. The van der Waals surface area contributed by atoms with Crippen molar-refractivity contribution in [3.8, 4) is 0 Å². The van der Waals surface area contributed by atoms with E-state index in [1.54, 1.807) is 36.4 Å². The maximum absolute atomic E-state index is 12.7. The van der Waals surface area contributed by atoms with Crippen molar-refractivity contribution in [1.29, 1.82) is 0 Å². The molecule has 0 spiro atoms. The molecule has 0 aliphatic carbocycles. The molecule has 0 saturated carbocycles. The molecule has 0 aliphatic rings. The zero-order valence-corrected chi connectivity index (χ0v) is 17.9. The molecular weight excluding hydrogens is 426 g/mol. The highest BCUT2D eigenvalue weighted by molar-refractivity contribution is 7.12. The standard InChI is InChI=1S/C23H19N5O3S/c1-14-7-2-5-10-17(14)25-23-27-19(26-22(24)28-23)13-31-21(30)16-9-4-3-8-15(16)20(29)18-11-6-12-32-18/h2-12H,13H2,1H3,(H3,24,25,26,27,28). The van der Waals surface area contributed by atoms with Crippen LogP contribution in [0.25, 0.3) is 0 Å². The molecule has 0 saturated heterocycles. The van der Waals surface area contributed by atoms with Crippen molar-refractivity contribution in [3.63, 3.8) is 0 Å². The van der Waals surface area contributed by atoms with Gasteiger partial charge in [-0.25, -0.2) is 4.79 Å². The van der Waals surface area contributed by atoms with Crippen LogP contribution in [0.5, 0.6) is 0 Å². The molecule has 0 fully saturated rings. The number of hydrogen-bond donors (Lipinski definition) is 2. The number of carbonyl (C=O) groups excluding carboxylic acids is 2. The van der Waals surface area contributed by atoms with E-state index >= 15 is 0 Å². The monoisotopic (exact) mass is 445 g/mol. The number of ketones is 1. The number of carbonyl (C=O) groups is 2. The molecule has 32 heavy (non-hydrogen) atoms. The number of nitrogens with zero attached hydrogens (tertiary/aromatic N) is 3. The number of aryl methyl sites for hydroxylation is 1. The van der Waals surface area contributed by atoms with E-state index in [1.807, 2.05) is 36.6 Å². The molecule has 4 aromatic rings.